The molecule has 180 valence electrons. The fourth-order valence-electron chi connectivity index (χ4n) is 3.14. The van der Waals surface area contributed by atoms with Gasteiger partial charge in [-0.2, -0.15) is 11.8 Å². The molecular formula is C21H44NO6PS. The highest BCUT2D eigenvalue weighted by atomic mass is 32.2. The highest BCUT2D eigenvalue weighted by molar-refractivity contribution is 7.99. The van der Waals surface area contributed by atoms with Crippen LogP contribution >= 0.6 is 19.6 Å². The van der Waals surface area contributed by atoms with E-state index in [4.69, 9.17) is 20.3 Å². The Kier molecular flexibility index (Phi) is 20.7. The quantitative estimate of drug-likeness (QED) is 0.139. The average Bonchev–Trinajstić information content (AvgIpc) is 2.68. The van der Waals surface area contributed by atoms with E-state index in [0.717, 1.165) is 12.2 Å². The normalized spacial score (nSPS) is 12.9. The van der Waals surface area contributed by atoms with Gasteiger partial charge in [0, 0.05) is 5.75 Å². The van der Waals surface area contributed by atoms with Crippen LogP contribution < -0.4 is 5.73 Å². The van der Waals surface area contributed by atoms with Gasteiger partial charge >= 0.3 is 7.82 Å². The molecule has 0 saturated carbocycles. The number of thioether (sulfide) groups is 1. The zero-order valence-electron chi connectivity index (χ0n) is 18.8. The number of amides is 1. The fraction of sp³-hybridized carbons (Fsp3) is 0.952. The lowest BCUT2D eigenvalue weighted by molar-refractivity contribution is -0.124. The first kappa shape index (κ1) is 29.9. The van der Waals surface area contributed by atoms with Crippen LogP contribution in [0.2, 0.25) is 0 Å². The molecule has 0 saturated heterocycles. The van der Waals surface area contributed by atoms with E-state index in [0.29, 0.717) is 5.75 Å². The van der Waals surface area contributed by atoms with E-state index in [2.05, 4.69) is 11.4 Å². The number of hydrogen-bond donors (Lipinski definition) is 3. The minimum Gasteiger partial charge on any atom is -0.368 e. The van der Waals surface area contributed by atoms with Gasteiger partial charge in [0.15, 0.2) is 0 Å². The summed E-state index contributed by atoms with van der Waals surface area (Å²) in [4.78, 5) is 28.4. The predicted molar refractivity (Wildman–Crippen MR) is 125 cm³/mol. The molecule has 0 aliphatic heterocycles. The number of carbonyl (C=O) groups is 1. The van der Waals surface area contributed by atoms with Crippen molar-refractivity contribution >= 4 is 25.5 Å². The monoisotopic (exact) mass is 469 g/mol. The summed E-state index contributed by atoms with van der Waals surface area (Å²) in [5.41, 5.74) is 5.05. The number of unbranched alkanes of at least 4 members (excludes halogenated alkanes) is 13. The first-order valence-corrected chi connectivity index (χ1v) is 14.2. The van der Waals surface area contributed by atoms with E-state index in [-0.39, 0.29) is 13.2 Å². The zero-order valence-corrected chi connectivity index (χ0v) is 20.5. The van der Waals surface area contributed by atoms with Crippen molar-refractivity contribution in [1.29, 1.82) is 0 Å². The van der Waals surface area contributed by atoms with Gasteiger partial charge in [0.05, 0.1) is 12.7 Å². The van der Waals surface area contributed by atoms with Crippen molar-refractivity contribution in [1.82, 2.24) is 0 Å². The molecule has 0 bridgehead atoms. The summed E-state index contributed by atoms with van der Waals surface area (Å²) in [6.45, 7) is 1.71. The van der Waals surface area contributed by atoms with Crippen molar-refractivity contribution in [2.45, 2.75) is 103 Å². The lowest BCUT2D eigenvalue weighted by Crippen LogP contribution is -2.28. The molecule has 1 atom stereocenters. The molecule has 0 aliphatic rings. The SMILES string of the molecule is CCCCCCCCCCCCCCCCSCC(COP(=O)(O)O)OCC(N)=O. The molecule has 0 aromatic rings. The third kappa shape index (κ3) is 24.2. The lowest BCUT2D eigenvalue weighted by Gasteiger charge is -2.17. The maximum absolute atomic E-state index is 10.8. The molecule has 1 unspecified atom stereocenters. The number of ether oxygens (including phenoxy) is 1. The van der Waals surface area contributed by atoms with Crippen molar-refractivity contribution in [3.05, 3.63) is 0 Å². The van der Waals surface area contributed by atoms with Crippen LogP contribution in [-0.2, 0) is 18.6 Å². The maximum Gasteiger partial charge on any atom is 0.469 e. The second-order valence-corrected chi connectivity index (χ2v) is 10.2. The molecule has 7 nitrogen and oxygen atoms in total. The Morgan fingerprint density at radius 2 is 1.37 bits per heavy atom. The molecule has 0 spiro atoms. The fourth-order valence-corrected chi connectivity index (χ4v) is 4.53. The third-order valence-electron chi connectivity index (χ3n) is 4.84. The minimum atomic E-state index is -4.55. The van der Waals surface area contributed by atoms with E-state index >= 15 is 0 Å². The summed E-state index contributed by atoms with van der Waals surface area (Å²) < 4.78 is 20.6. The molecule has 0 aromatic heterocycles. The minimum absolute atomic E-state index is 0.261. The molecular weight excluding hydrogens is 425 g/mol. The zero-order chi connectivity index (χ0) is 22.5. The smallest absolute Gasteiger partial charge is 0.368 e. The van der Waals surface area contributed by atoms with Crippen LogP contribution in [0.4, 0.5) is 0 Å². The van der Waals surface area contributed by atoms with E-state index in [1.807, 2.05) is 0 Å². The van der Waals surface area contributed by atoms with E-state index in [1.165, 1.54) is 83.5 Å². The number of nitrogens with two attached hydrogens (primary N) is 1. The van der Waals surface area contributed by atoms with Crippen molar-refractivity contribution < 1.29 is 28.4 Å². The highest BCUT2D eigenvalue weighted by Gasteiger charge is 2.19. The number of rotatable bonds is 23. The summed E-state index contributed by atoms with van der Waals surface area (Å²) in [6.07, 6.45) is 18.0. The molecule has 4 N–H and O–H groups in total. The Bertz CT molecular complexity index is 449. The van der Waals surface area contributed by atoms with E-state index in [1.54, 1.807) is 11.8 Å². The van der Waals surface area contributed by atoms with Crippen LogP contribution in [0.1, 0.15) is 96.8 Å². The highest BCUT2D eigenvalue weighted by Crippen LogP contribution is 2.36. The van der Waals surface area contributed by atoms with Gasteiger partial charge in [0.25, 0.3) is 0 Å². The van der Waals surface area contributed by atoms with Gasteiger partial charge in [-0.05, 0) is 12.2 Å². The van der Waals surface area contributed by atoms with E-state index < -0.39 is 19.8 Å². The topological polar surface area (TPSA) is 119 Å². The standard InChI is InChI=1S/C21H44NO6PS/c1-2-3-4-5-6-7-8-9-10-11-12-13-14-15-16-30-19-20(27-18-21(22)23)17-28-29(24,25)26/h20H,2-19H2,1H3,(H2,22,23)(H2,24,25,26). The number of primary amides is 1. The van der Waals surface area contributed by atoms with Crippen molar-refractivity contribution in [2.24, 2.45) is 5.73 Å². The first-order chi connectivity index (χ1) is 14.3. The van der Waals surface area contributed by atoms with Crippen LogP contribution in [-0.4, -0.2) is 46.5 Å². The molecule has 0 heterocycles. The Labute approximate surface area is 187 Å². The Balaban J connectivity index is 3.51. The Morgan fingerprint density at radius 1 is 0.900 bits per heavy atom. The molecule has 1 amide bonds. The van der Waals surface area contributed by atoms with Gasteiger partial charge < -0.3 is 20.3 Å². The number of hydrogen-bond acceptors (Lipinski definition) is 5. The Hall–Kier alpha value is -0.110. The van der Waals surface area contributed by atoms with Crippen LogP contribution in [0, 0.1) is 0 Å². The molecule has 9 heteroatoms. The molecule has 0 aliphatic carbocycles. The van der Waals surface area contributed by atoms with Gasteiger partial charge in [0.1, 0.15) is 6.61 Å². The van der Waals surface area contributed by atoms with Gasteiger partial charge in [-0.1, -0.05) is 90.4 Å². The van der Waals surface area contributed by atoms with Crippen LogP contribution in [0.3, 0.4) is 0 Å². The van der Waals surface area contributed by atoms with Crippen molar-refractivity contribution in [3.63, 3.8) is 0 Å². The first-order valence-electron chi connectivity index (χ1n) is 11.5. The molecule has 0 aromatic carbocycles. The molecule has 0 radical (unpaired) electrons. The number of phosphoric ester groups is 1. The maximum atomic E-state index is 10.8. The molecule has 0 rings (SSSR count). The summed E-state index contributed by atoms with van der Waals surface area (Å²) in [5.74, 6) is 0.837. The second kappa shape index (κ2) is 20.8. The summed E-state index contributed by atoms with van der Waals surface area (Å²) in [6, 6.07) is 0. The van der Waals surface area contributed by atoms with Gasteiger partial charge in [-0.3, -0.25) is 9.32 Å². The Morgan fingerprint density at radius 3 is 1.80 bits per heavy atom. The van der Waals surface area contributed by atoms with Crippen LogP contribution in [0.15, 0.2) is 0 Å². The third-order valence-corrected chi connectivity index (χ3v) is 6.51. The molecule has 30 heavy (non-hydrogen) atoms. The van der Waals surface area contributed by atoms with Gasteiger partial charge in [0.2, 0.25) is 5.91 Å². The van der Waals surface area contributed by atoms with Crippen LogP contribution in [0.25, 0.3) is 0 Å². The number of carbonyl (C=O) groups excluding carboxylic acids is 1. The second-order valence-electron chi connectivity index (χ2n) is 7.86. The van der Waals surface area contributed by atoms with Crippen molar-refractivity contribution in [3.8, 4) is 0 Å². The van der Waals surface area contributed by atoms with Gasteiger partial charge in [-0.25, -0.2) is 4.57 Å². The average molecular weight is 470 g/mol. The summed E-state index contributed by atoms with van der Waals surface area (Å²) in [7, 11) is -4.55. The molecule has 0 fully saturated rings. The summed E-state index contributed by atoms with van der Waals surface area (Å²) >= 11 is 1.64. The van der Waals surface area contributed by atoms with Crippen LogP contribution in [0.5, 0.6) is 0 Å². The summed E-state index contributed by atoms with van der Waals surface area (Å²) in [5, 5.41) is 0. The lowest BCUT2D eigenvalue weighted by atomic mass is 10.0. The predicted octanol–water partition coefficient (Wildman–Crippen LogP) is 5.18. The van der Waals surface area contributed by atoms with E-state index in [9.17, 15) is 9.36 Å². The van der Waals surface area contributed by atoms with Gasteiger partial charge in [-0.15, -0.1) is 0 Å². The largest absolute Gasteiger partial charge is 0.469 e. The number of phosphoric acid groups is 1. The van der Waals surface area contributed by atoms with Crippen molar-refractivity contribution in [2.75, 3.05) is 24.7 Å².